The van der Waals surface area contributed by atoms with Crippen molar-refractivity contribution in [3.05, 3.63) is 88.4 Å². The Bertz CT molecular complexity index is 1400. The van der Waals surface area contributed by atoms with Crippen LogP contribution in [0.4, 0.5) is 5.69 Å². The maximum atomic E-state index is 13.3. The molecular weight excluding hydrogens is 537 g/mol. The number of rotatable bonds is 8. The number of para-hydroxylation sites is 2. The van der Waals surface area contributed by atoms with E-state index in [4.69, 9.17) is 27.9 Å². The molecule has 3 aromatic carbocycles. The number of ether oxygens (including phenoxy) is 1. The molecular formula is C26H25Cl2N3O5S. The third-order valence-corrected chi connectivity index (χ3v) is 8.38. The predicted molar refractivity (Wildman–Crippen MR) is 143 cm³/mol. The van der Waals surface area contributed by atoms with E-state index in [0.29, 0.717) is 24.4 Å². The monoisotopic (exact) mass is 561 g/mol. The van der Waals surface area contributed by atoms with Crippen LogP contribution in [0, 0.1) is 0 Å². The van der Waals surface area contributed by atoms with Crippen LogP contribution in [-0.4, -0.2) is 57.3 Å². The van der Waals surface area contributed by atoms with Crippen LogP contribution in [0.5, 0.6) is 5.75 Å². The molecule has 0 aromatic heterocycles. The number of halogens is 2. The number of hydrogen-bond acceptors (Lipinski definition) is 5. The van der Waals surface area contributed by atoms with E-state index in [2.05, 4.69) is 5.32 Å². The van der Waals surface area contributed by atoms with Crippen molar-refractivity contribution in [1.29, 1.82) is 0 Å². The first kappa shape index (κ1) is 26.9. The minimum absolute atomic E-state index is 0.00680. The van der Waals surface area contributed by atoms with Crippen molar-refractivity contribution in [2.45, 2.75) is 17.4 Å². The number of sulfonamides is 1. The van der Waals surface area contributed by atoms with Crippen molar-refractivity contribution >= 4 is 50.7 Å². The smallest absolute Gasteiger partial charge is 0.262 e. The third kappa shape index (κ3) is 6.24. The Balaban J connectivity index is 1.47. The fourth-order valence-electron chi connectivity index (χ4n) is 3.90. The quantitative estimate of drug-likeness (QED) is 0.451. The van der Waals surface area contributed by atoms with Gasteiger partial charge in [-0.1, -0.05) is 65.7 Å². The number of nitrogens with one attached hydrogen (secondary N) is 1. The van der Waals surface area contributed by atoms with Crippen molar-refractivity contribution < 1.29 is 22.7 Å². The van der Waals surface area contributed by atoms with Gasteiger partial charge in [-0.2, -0.15) is 4.31 Å². The Hall–Kier alpha value is -3.11. The van der Waals surface area contributed by atoms with Crippen LogP contribution < -0.4 is 15.0 Å². The van der Waals surface area contributed by atoms with E-state index in [9.17, 15) is 18.0 Å². The number of fused-ring (bicyclic) bond motifs is 1. The lowest BCUT2D eigenvalue weighted by Gasteiger charge is -2.35. The van der Waals surface area contributed by atoms with Gasteiger partial charge in [-0.25, -0.2) is 8.42 Å². The molecule has 11 heteroatoms. The third-order valence-electron chi connectivity index (χ3n) is 5.86. The molecule has 0 spiro atoms. The zero-order chi connectivity index (χ0) is 26.6. The SMILES string of the molecule is CN(CC(=O)N1CC(C(=O)NCCc2ccccc2)Oc2ccccc21)S(=O)(=O)c1cc(Cl)ccc1Cl. The van der Waals surface area contributed by atoms with Gasteiger partial charge in [0.2, 0.25) is 15.9 Å². The molecule has 0 bridgehead atoms. The summed E-state index contributed by atoms with van der Waals surface area (Å²) in [6.07, 6.45) is -0.313. The second-order valence-corrected chi connectivity index (χ2v) is 11.3. The lowest BCUT2D eigenvalue weighted by Crippen LogP contribution is -2.52. The molecule has 37 heavy (non-hydrogen) atoms. The summed E-state index contributed by atoms with van der Waals surface area (Å²) in [5, 5.41) is 3.05. The summed E-state index contributed by atoms with van der Waals surface area (Å²) in [6.45, 7) is -0.152. The molecule has 2 amide bonds. The molecule has 0 fully saturated rings. The molecule has 1 N–H and O–H groups in total. The molecule has 3 aromatic rings. The minimum Gasteiger partial charge on any atom is -0.477 e. The van der Waals surface area contributed by atoms with E-state index in [1.807, 2.05) is 30.3 Å². The zero-order valence-corrected chi connectivity index (χ0v) is 22.3. The number of nitrogens with zero attached hydrogens (tertiary/aromatic N) is 2. The van der Waals surface area contributed by atoms with Gasteiger partial charge >= 0.3 is 0 Å². The molecule has 1 heterocycles. The summed E-state index contributed by atoms with van der Waals surface area (Å²) in [7, 11) is -2.83. The van der Waals surface area contributed by atoms with E-state index in [0.717, 1.165) is 9.87 Å². The number of amides is 2. The van der Waals surface area contributed by atoms with E-state index in [-0.39, 0.29) is 27.4 Å². The molecule has 1 unspecified atom stereocenters. The Morgan fingerprint density at radius 3 is 2.51 bits per heavy atom. The maximum Gasteiger partial charge on any atom is 0.262 e. The number of carbonyl (C=O) groups is 2. The molecule has 0 saturated heterocycles. The molecule has 8 nitrogen and oxygen atoms in total. The van der Waals surface area contributed by atoms with Gasteiger partial charge in [0.15, 0.2) is 6.10 Å². The number of likely N-dealkylation sites (N-methyl/N-ethyl adjacent to an activating group) is 1. The molecule has 0 radical (unpaired) electrons. The van der Waals surface area contributed by atoms with Gasteiger partial charge in [0.05, 0.1) is 23.8 Å². The lowest BCUT2D eigenvalue weighted by atomic mass is 10.1. The van der Waals surface area contributed by atoms with Gasteiger partial charge in [0.25, 0.3) is 5.91 Å². The first-order valence-corrected chi connectivity index (χ1v) is 13.7. The Kier molecular flexibility index (Phi) is 8.39. The Labute approximate surface area is 225 Å². The van der Waals surface area contributed by atoms with E-state index >= 15 is 0 Å². The summed E-state index contributed by atoms with van der Waals surface area (Å²) in [4.78, 5) is 27.4. The van der Waals surface area contributed by atoms with Gasteiger partial charge in [-0.15, -0.1) is 0 Å². The zero-order valence-electron chi connectivity index (χ0n) is 19.9. The van der Waals surface area contributed by atoms with Crippen molar-refractivity contribution in [3.63, 3.8) is 0 Å². The van der Waals surface area contributed by atoms with Crippen LogP contribution in [0.25, 0.3) is 0 Å². The maximum absolute atomic E-state index is 13.3. The normalized spacial score (nSPS) is 15.1. The van der Waals surface area contributed by atoms with Gasteiger partial charge in [0.1, 0.15) is 10.6 Å². The molecule has 1 aliphatic rings. The molecule has 194 valence electrons. The summed E-state index contributed by atoms with van der Waals surface area (Å²) in [5.41, 5.74) is 1.53. The fourth-order valence-corrected chi connectivity index (χ4v) is 5.75. The highest BCUT2D eigenvalue weighted by Crippen LogP contribution is 2.34. The highest BCUT2D eigenvalue weighted by Gasteiger charge is 2.35. The summed E-state index contributed by atoms with van der Waals surface area (Å²) in [5.74, 6) is -0.536. The molecule has 1 aliphatic heterocycles. The van der Waals surface area contributed by atoms with Crippen LogP contribution in [0.3, 0.4) is 0 Å². The molecule has 0 aliphatic carbocycles. The highest BCUT2D eigenvalue weighted by molar-refractivity contribution is 7.89. The summed E-state index contributed by atoms with van der Waals surface area (Å²) < 4.78 is 33.0. The van der Waals surface area contributed by atoms with Crippen molar-refractivity contribution in [3.8, 4) is 5.75 Å². The Morgan fingerprint density at radius 2 is 1.76 bits per heavy atom. The van der Waals surface area contributed by atoms with Crippen molar-refractivity contribution in [1.82, 2.24) is 9.62 Å². The fraction of sp³-hybridized carbons (Fsp3) is 0.231. The first-order chi connectivity index (χ1) is 17.7. The average Bonchev–Trinajstić information content (AvgIpc) is 2.89. The van der Waals surface area contributed by atoms with E-state index in [1.165, 1.54) is 30.1 Å². The van der Waals surface area contributed by atoms with E-state index < -0.39 is 28.6 Å². The second-order valence-electron chi connectivity index (χ2n) is 8.44. The van der Waals surface area contributed by atoms with Crippen molar-refractivity contribution in [2.75, 3.05) is 31.6 Å². The largest absolute Gasteiger partial charge is 0.477 e. The van der Waals surface area contributed by atoms with E-state index in [1.54, 1.807) is 24.3 Å². The average molecular weight is 562 g/mol. The van der Waals surface area contributed by atoms with Gasteiger partial charge in [0, 0.05) is 18.6 Å². The lowest BCUT2D eigenvalue weighted by molar-refractivity contribution is -0.128. The Morgan fingerprint density at radius 1 is 1.05 bits per heavy atom. The van der Waals surface area contributed by atoms with Crippen LogP contribution in [0.15, 0.2) is 77.7 Å². The van der Waals surface area contributed by atoms with Gasteiger partial charge < -0.3 is 15.0 Å². The number of benzene rings is 3. The standard InChI is InChI=1S/C26H25Cl2N3O5S/c1-30(37(34,35)24-15-19(27)11-12-20(24)28)17-25(32)31-16-23(36-22-10-6-5-9-21(22)31)26(33)29-14-13-18-7-3-2-4-8-18/h2-12,15,23H,13-14,16-17H2,1H3,(H,29,33). The topological polar surface area (TPSA) is 96.0 Å². The predicted octanol–water partition coefficient (Wildman–Crippen LogP) is 3.77. The molecule has 4 rings (SSSR count). The van der Waals surface area contributed by atoms with Crippen LogP contribution in [-0.2, 0) is 26.0 Å². The second kappa shape index (κ2) is 11.5. The van der Waals surface area contributed by atoms with Crippen LogP contribution >= 0.6 is 23.2 Å². The first-order valence-electron chi connectivity index (χ1n) is 11.5. The van der Waals surface area contributed by atoms with Crippen molar-refractivity contribution in [2.24, 2.45) is 0 Å². The number of anilines is 1. The summed E-state index contributed by atoms with van der Waals surface area (Å²) in [6, 6.07) is 20.6. The highest BCUT2D eigenvalue weighted by atomic mass is 35.5. The van der Waals surface area contributed by atoms with Gasteiger partial charge in [-0.05, 0) is 42.3 Å². The van der Waals surface area contributed by atoms with Crippen LogP contribution in [0.2, 0.25) is 10.0 Å². The summed E-state index contributed by atoms with van der Waals surface area (Å²) >= 11 is 12.1. The molecule has 0 saturated carbocycles. The number of carbonyl (C=O) groups excluding carboxylic acids is 2. The minimum atomic E-state index is -4.11. The molecule has 1 atom stereocenters. The van der Waals surface area contributed by atoms with Gasteiger partial charge in [-0.3, -0.25) is 9.59 Å². The number of hydrogen-bond donors (Lipinski definition) is 1. The van der Waals surface area contributed by atoms with Crippen LogP contribution in [0.1, 0.15) is 5.56 Å².